The third-order valence-electron chi connectivity index (χ3n) is 3.52. The van der Waals surface area contributed by atoms with Crippen LogP contribution < -0.4 is 4.90 Å². The molecular formula is C15H17BrN4. The summed E-state index contributed by atoms with van der Waals surface area (Å²) in [5.41, 5.74) is 1.14. The summed E-state index contributed by atoms with van der Waals surface area (Å²) in [5, 5.41) is 0. The van der Waals surface area contributed by atoms with Crippen molar-refractivity contribution >= 4 is 21.7 Å². The van der Waals surface area contributed by atoms with E-state index in [1.54, 1.807) is 0 Å². The van der Waals surface area contributed by atoms with E-state index < -0.39 is 0 Å². The third-order valence-corrected chi connectivity index (χ3v) is 3.99. The van der Waals surface area contributed by atoms with Crippen molar-refractivity contribution in [2.45, 2.75) is 6.54 Å². The summed E-state index contributed by atoms with van der Waals surface area (Å²) in [7, 11) is 0. The van der Waals surface area contributed by atoms with Crippen molar-refractivity contribution in [1.29, 1.82) is 0 Å². The number of anilines is 1. The zero-order valence-electron chi connectivity index (χ0n) is 11.2. The van der Waals surface area contributed by atoms with Crippen molar-refractivity contribution in [2.75, 3.05) is 31.1 Å². The average molecular weight is 333 g/mol. The lowest BCUT2D eigenvalue weighted by Gasteiger charge is -2.35. The zero-order valence-corrected chi connectivity index (χ0v) is 12.8. The minimum atomic E-state index is 0.933. The van der Waals surface area contributed by atoms with Crippen LogP contribution in [0.2, 0.25) is 0 Å². The maximum absolute atomic E-state index is 4.46. The van der Waals surface area contributed by atoms with Crippen LogP contribution in [0.25, 0.3) is 0 Å². The number of hydrogen-bond acceptors (Lipinski definition) is 4. The van der Waals surface area contributed by atoms with E-state index in [4.69, 9.17) is 0 Å². The molecule has 1 aliphatic heterocycles. The Morgan fingerprint density at radius 3 is 2.50 bits per heavy atom. The van der Waals surface area contributed by atoms with Crippen LogP contribution in [-0.2, 0) is 6.54 Å². The Morgan fingerprint density at radius 1 is 1.00 bits per heavy atom. The standard InChI is InChI=1S/C15H17BrN4/c16-13-4-5-15(18-11-13)20-9-7-19(8-10-20)12-14-3-1-2-6-17-14/h1-6,11H,7-10,12H2. The molecule has 1 aliphatic rings. The fourth-order valence-electron chi connectivity index (χ4n) is 2.41. The van der Waals surface area contributed by atoms with E-state index >= 15 is 0 Å². The molecule has 2 aromatic rings. The molecule has 0 N–H and O–H groups in total. The zero-order chi connectivity index (χ0) is 13.8. The molecule has 0 radical (unpaired) electrons. The quantitative estimate of drug-likeness (QED) is 0.864. The van der Waals surface area contributed by atoms with Gasteiger partial charge in [0.2, 0.25) is 0 Å². The molecule has 2 aromatic heterocycles. The summed E-state index contributed by atoms with van der Waals surface area (Å²) >= 11 is 3.42. The van der Waals surface area contributed by atoms with Gasteiger partial charge < -0.3 is 4.90 Å². The molecule has 104 valence electrons. The molecule has 5 heteroatoms. The lowest BCUT2D eigenvalue weighted by Crippen LogP contribution is -2.46. The first-order valence-electron chi connectivity index (χ1n) is 6.80. The molecule has 0 aliphatic carbocycles. The lowest BCUT2D eigenvalue weighted by molar-refractivity contribution is 0.246. The highest BCUT2D eigenvalue weighted by Crippen LogP contribution is 2.17. The first-order valence-corrected chi connectivity index (χ1v) is 7.59. The number of piperazine rings is 1. The molecule has 1 saturated heterocycles. The van der Waals surface area contributed by atoms with Crippen LogP contribution in [0.1, 0.15) is 5.69 Å². The molecule has 4 nitrogen and oxygen atoms in total. The van der Waals surface area contributed by atoms with Crippen molar-refractivity contribution in [3.8, 4) is 0 Å². The fourth-order valence-corrected chi connectivity index (χ4v) is 2.65. The van der Waals surface area contributed by atoms with Crippen molar-refractivity contribution in [2.24, 2.45) is 0 Å². The number of halogens is 1. The van der Waals surface area contributed by atoms with Crippen LogP contribution in [0.3, 0.4) is 0 Å². The van der Waals surface area contributed by atoms with Gasteiger partial charge in [0.1, 0.15) is 5.82 Å². The molecular weight excluding hydrogens is 316 g/mol. The molecule has 0 spiro atoms. The van der Waals surface area contributed by atoms with E-state index in [-0.39, 0.29) is 0 Å². The number of pyridine rings is 2. The van der Waals surface area contributed by atoms with Gasteiger partial charge in [-0.3, -0.25) is 9.88 Å². The molecule has 0 unspecified atom stereocenters. The first kappa shape index (κ1) is 13.5. The van der Waals surface area contributed by atoms with E-state index in [1.807, 2.05) is 30.6 Å². The normalized spacial score (nSPS) is 16.4. The van der Waals surface area contributed by atoms with E-state index in [2.05, 4.69) is 47.8 Å². The maximum atomic E-state index is 4.46. The molecule has 0 amide bonds. The predicted molar refractivity (Wildman–Crippen MR) is 83.7 cm³/mol. The van der Waals surface area contributed by atoms with Gasteiger partial charge >= 0.3 is 0 Å². The minimum Gasteiger partial charge on any atom is -0.354 e. The van der Waals surface area contributed by atoms with Gasteiger partial charge in [-0.05, 0) is 40.2 Å². The van der Waals surface area contributed by atoms with Crippen molar-refractivity contribution in [3.63, 3.8) is 0 Å². The van der Waals surface area contributed by atoms with E-state index in [1.165, 1.54) is 0 Å². The minimum absolute atomic E-state index is 0.933. The molecule has 3 rings (SSSR count). The summed E-state index contributed by atoms with van der Waals surface area (Å²) in [6.07, 6.45) is 3.72. The van der Waals surface area contributed by atoms with Crippen LogP contribution in [-0.4, -0.2) is 41.0 Å². The molecule has 0 atom stereocenters. The van der Waals surface area contributed by atoms with Crippen LogP contribution in [0.15, 0.2) is 47.2 Å². The molecule has 3 heterocycles. The number of hydrogen-bond donors (Lipinski definition) is 0. The van der Waals surface area contributed by atoms with Gasteiger partial charge in [-0.15, -0.1) is 0 Å². The summed E-state index contributed by atoms with van der Waals surface area (Å²) in [4.78, 5) is 13.6. The second-order valence-electron chi connectivity index (χ2n) is 4.92. The van der Waals surface area contributed by atoms with Crippen LogP contribution in [0.5, 0.6) is 0 Å². The van der Waals surface area contributed by atoms with Gasteiger partial charge in [0.15, 0.2) is 0 Å². The SMILES string of the molecule is Brc1ccc(N2CCN(Cc3ccccn3)CC2)nc1. The number of nitrogens with zero attached hydrogens (tertiary/aromatic N) is 4. The molecule has 1 fully saturated rings. The molecule has 20 heavy (non-hydrogen) atoms. The van der Waals surface area contributed by atoms with E-state index in [9.17, 15) is 0 Å². The Kier molecular flexibility index (Phi) is 4.28. The van der Waals surface area contributed by atoms with E-state index in [0.29, 0.717) is 0 Å². The van der Waals surface area contributed by atoms with Crippen molar-refractivity contribution in [3.05, 3.63) is 52.9 Å². The summed E-state index contributed by atoms with van der Waals surface area (Å²) in [5.74, 6) is 1.06. The Hall–Kier alpha value is -1.46. The first-order chi connectivity index (χ1) is 9.81. The Bertz CT molecular complexity index is 536. The second kappa shape index (κ2) is 6.33. The Labute approximate surface area is 127 Å². The third kappa shape index (κ3) is 3.35. The largest absolute Gasteiger partial charge is 0.354 e. The topological polar surface area (TPSA) is 32.3 Å². The van der Waals surface area contributed by atoms with Crippen LogP contribution >= 0.6 is 15.9 Å². The summed E-state index contributed by atoms with van der Waals surface area (Å²) < 4.78 is 1.02. The van der Waals surface area contributed by atoms with E-state index in [0.717, 1.165) is 48.7 Å². The van der Waals surface area contributed by atoms with Crippen LogP contribution in [0.4, 0.5) is 5.82 Å². The second-order valence-corrected chi connectivity index (χ2v) is 5.83. The lowest BCUT2D eigenvalue weighted by atomic mass is 10.2. The van der Waals surface area contributed by atoms with Crippen molar-refractivity contribution < 1.29 is 0 Å². The molecule has 0 aromatic carbocycles. The highest BCUT2D eigenvalue weighted by molar-refractivity contribution is 9.10. The Balaban J connectivity index is 1.55. The molecule has 0 saturated carbocycles. The van der Waals surface area contributed by atoms with Gasteiger partial charge in [-0.25, -0.2) is 4.98 Å². The molecule has 0 bridgehead atoms. The highest BCUT2D eigenvalue weighted by atomic mass is 79.9. The summed E-state index contributed by atoms with van der Waals surface area (Å²) in [6.45, 7) is 5.06. The average Bonchev–Trinajstić information content (AvgIpc) is 2.50. The van der Waals surface area contributed by atoms with Gasteiger partial charge in [0, 0.05) is 49.6 Å². The van der Waals surface area contributed by atoms with Gasteiger partial charge in [-0.1, -0.05) is 6.07 Å². The Morgan fingerprint density at radius 2 is 1.85 bits per heavy atom. The van der Waals surface area contributed by atoms with Crippen molar-refractivity contribution in [1.82, 2.24) is 14.9 Å². The van der Waals surface area contributed by atoms with Gasteiger partial charge in [0.05, 0.1) is 5.69 Å². The number of aromatic nitrogens is 2. The van der Waals surface area contributed by atoms with Gasteiger partial charge in [0.25, 0.3) is 0 Å². The van der Waals surface area contributed by atoms with Crippen LogP contribution in [0, 0.1) is 0 Å². The summed E-state index contributed by atoms with van der Waals surface area (Å²) in [6, 6.07) is 10.2. The predicted octanol–water partition coefficient (Wildman–Crippen LogP) is 2.56. The maximum Gasteiger partial charge on any atom is 0.128 e. The smallest absolute Gasteiger partial charge is 0.128 e. The number of rotatable bonds is 3. The van der Waals surface area contributed by atoms with Gasteiger partial charge in [-0.2, -0.15) is 0 Å². The fraction of sp³-hybridized carbons (Fsp3) is 0.333. The highest BCUT2D eigenvalue weighted by Gasteiger charge is 2.18. The monoisotopic (exact) mass is 332 g/mol.